The summed E-state index contributed by atoms with van der Waals surface area (Å²) in [7, 11) is 0. The molecule has 1 aromatic heterocycles. The maximum atomic E-state index is 5.76. The van der Waals surface area contributed by atoms with Gasteiger partial charge >= 0.3 is 0 Å². The zero-order chi connectivity index (χ0) is 13.1. The molecule has 2 N–H and O–H groups in total. The quantitative estimate of drug-likeness (QED) is 0.775. The van der Waals surface area contributed by atoms with Gasteiger partial charge in [-0.25, -0.2) is 4.68 Å². The summed E-state index contributed by atoms with van der Waals surface area (Å²) in [6.45, 7) is 0.511. The van der Waals surface area contributed by atoms with Crippen LogP contribution in [0.25, 0.3) is 16.8 Å². The summed E-state index contributed by atoms with van der Waals surface area (Å²) in [5, 5.41) is 4.43. The topological polar surface area (TPSA) is 43.8 Å². The standard InChI is InChI=1S/C16H15N3/c17-10-14-8-4-5-9-16(14)19-12-15(11-18-19)13-6-2-1-3-7-13/h1-9,11-12H,10,17H2. The third-order valence-corrected chi connectivity index (χ3v) is 3.15. The second-order valence-electron chi connectivity index (χ2n) is 4.37. The fourth-order valence-corrected chi connectivity index (χ4v) is 2.14. The zero-order valence-corrected chi connectivity index (χ0v) is 10.5. The van der Waals surface area contributed by atoms with E-state index in [1.54, 1.807) is 0 Å². The van der Waals surface area contributed by atoms with Crippen molar-refractivity contribution < 1.29 is 0 Å². The molecule has 0 atom stereocenters. The summed E-state index contributed by atoms with van der Waals surface area (Å²) in [5.74, 6) is 0. The number of aromatic nitrogens is 2. The SMILES string of the molecule is NCc1ccccc1-n1cc(-c2ccccc2)cn1. The fraction of sp³-hybridized carbons (Fsp3) is 0.0625. The van der Waals surface area contributed by atoms with Gasteiger partial charge in [-0.3, -0.25) is 0 Å². The van der Waals surface area contributed by atoms with Crippen LogP contribution in [0.3, 0.4) is 0 Å². The van der Waals surface area contributed by atoms with Crippen LogP contribution in [0.1, 0.15) is 5.56 Å². The van der Waals surface area contributed by atoms with Crippen molar-refractivity contribution in [3.05, 3.63) is 72.6 Å². The van der Waals surface area contributed by atoms with Gasteiger partial charge in [0.25, 0.3) is 0 Å². The van der Waals surface area contributed by atoms with E-state index < -0.39 is 0 Å². The number of hydrogen-bond acceptors (Lipinski definition) is 2. The summed E-state index contributed by atoms with van der Waals surface area (Å²) in [5.41, 5.74) is 10.2. The highest BCUT2D eigenvalue weighted by Crippen LogP contribution is 2.20. The summed E-state index contributed by atoms with van der Waals surface area (Å²) >= 11 is 0. The van der Waals surface area contributed by atoms with Gasteiger partial charge in [0.15, 0.2) is 0 Å². The molecule has 0 aliphatic rings. The second kappa shape index (κ2) is 5.08. The number of benzene rings is 2. The molecular weight excluding hydrogens is 234 g/mol. The van der Waals surface area contributed by atoms with Crippen LogP contribution >= 0.6 is 0 Å². The molecule has 0 amide bonds. The highest BCUT2D eigenvalue weighted by atomic mass is 15.3. The van der Waals surface area contributed by atoms with Gasteiger partial charge < -0.3 is 5.73 Å². The number of nitrogens with two attached hydrogens (primary N) is 1. The maximum absolute atomic E-state index is 5.76. The van der Waals surface area contributed by atoms with E-state index in [4.69, 9.17) is 5.73 Å². The van der Waals surface area contributed by atoms with Gasteiger partial charge in [0.1, 0.15) is 0 Å². The lowest BCUT2D eigenvalue weighted by molar-refractivity contribution is 0.859. The smallest absolute Gasteiger partial charge is 0.0690 e. The molecule has 3 nitrogen and oxygen atoms in total. The van der Waals surface area contributed by atoms with Gasteiger partial charge in [0.05, 0.1) is 11.9 Å². The molecule has 0 radical (unpaired) electrons. The number of para-hydroxylation sites is 1. The van der Waals surface area contributed by atoms with Crippen molar-refractivity contribution in [2.75, 3.05) is 0 Å². The molecule has 1 heterocycles. The van der Waals surface area contributed by atoms with Crippen molar-refractivity contribution in [2.45, 2.75) is 6.54 Å². The Balaban J connectivity index is 2.02. The molecule has 0 aliphatic heterocycles. The summed E-state index contributed by atoms with van der Waals surface area (Å²) in [4.78, 5) is 0. The van der Waals surface area contributed by atoms with E-state index in [0.29, 0.717) is 6.54 Å². The molecule has 3 aromatic rings. The Morgan fingerprint density at radius 1 is 0.895 bits per heavy atom. The van der Waals surface area contributed by atoms with E-state index in [1.165, 1.54) is 5.56 Å². The van der Waals surface area contributed by atoms with Crippen molar-refractivity contribution in [1.29, 1.82) is 0 Å². The normalized spacial score (nSPS) is 10.6. The van der Waals surface area contributed by atoms with Crippen LogP contribution in [0, 0.1) is 0 Å². The lowest BCUT2D eigenvalue weighted by atomic mass is 10.1. The molecule has 0 spiro atoms. The van der Waals surface area contributed by atoms with E-state index in [9.17, 15) is 0 Å². The Labute approximate surface area is 112 Å². The summed E-state index contributed by atoms with van der Waals surface area (Å²) in [6, 6.07) is 18.3. The predicted octanol–water partition coefficient (Wildman–Crippen LogP) is 3.00. The molecule has 0 saturated carbocycles. The third-order valence-electron chi connectivity index (χ3n) is 3.15. The van der Waals surface area contributed by atoms with E-state index in [0.717, 1.165) is 16.8 Å². The largest absolute Gasteiger partial charge is 0.326 e. The predicted molar refractivity (Wildman–Crippen MR) is 76.9 cm³/mol. The van der Waals surface area contributed by atoms with Crippen LogP contribution in [0.15, 0.2) is 67.0 Å². The number of hydrogen-bond donors (Lipinski definition) is 1. The van der Waals surface area contributed by atoms with Gasteiger partial charge in [0.2, 0.25) is 0 Å². The Bertz CT molecular complexity index is 671. The van der Waals surface area contributed by atoms with E-state index in [-0.39, 0.29) is 0 Å². The van der Waals surface area contributed by atoms with Crippen molar-refractivity contribution in [3.8, 4) is 16.8 Å². The maximum Gasteiger partial charge on any atom is 0.0690 e. The summed E-state index contributed by atoms with van der Waals surface area (Å²) in [6.07, 6.45) is 3.91. The molecule has 0 fully saturated rings. The van der Waals surface area contributed by atoms with Crippen molar-refractivity contribution in [3.63, 3.8) is 0 Å². The molecule has 19 heavy (non-hydrogen) atoms. The van der Waals surface area contributed by atoms with Crippen LogP contribution in [0.2, 0.25) is 0 Å². The van der Waals surface area contributed by atoms with E-state index in [1.807, 2.05) is 59.5 Å². The fourth-order valence-electron chi connectivity index (χ4n) is 2.14. The van der Waals surface area contributed by atoms with E-state index in [2.05, 4.69) is 17.2 Å². The van der Waals surface area contributed by atoms with Crippen molar-refractivity contribution in [2.24, 2.45) is 5.73 Å². The van der Waals surface area contributed by atoms with Crippen LogP contribution in [0.4, 0.5) is 0 Å². The minimum absolute atomic E-state index is 0.511. The van der Waals surface area contributed by atoms with Gasteiger partial charge in [-0.05, 0) is 17.2 Å². The van der Waals surface area contributed by atoms with Crippen LogP contribution in [-0.2, 0) is 6.54 Å². The minimum atomic E-state index is 0.511. The van der Waals surface area contributed by atoms with E-state index >= 15 is 0 Å². The lowest BCUT2D eigenvalue weighted by Gasteiger charge is -2.06. The first kappa shape index (κ1) is 11.7. The Morgan fingerprint density at radius 2 is 1.63 bits per heavy atom. The molecule has 0 bridgehead atoms. The van der Waals surface area contributed by atoms with Crippen molar-refractivity contribution in [1.82, 2.24) is 9.78 Å². The number of nitrogens with zero attached hydrogens (tertiary/aromatic N) is 2. The van der Waals surface area contributed by atoms with Crippen LogP contribution < -0.4 is 5.73 Å². The molecule has 0 unspecified atom stereocenters. The first-order valence-corrected chi connectivity index (χ1v) is 6.27. The Hall–Kier alpha value is -2.39. The molecular formula is C16H15N3. The minimum Gasteiger partial charge on any atom is -0.326 e. The first-order chi connectivity index (χ1) is 9.38. The number of rotatable bonds is 3. The average Bonchev–Trinajstić information content (AvgIpc) is 2.98. The highest BCUT2D eigenvalue weighted by Gasteiger charge is 2.05. The van der Waals surface area contributed by atoms with Gasteiger partial charge in [-0.15, -0.1) is 0 Å². The lowest BCUT2D eigenvalue weighted by Crippen LogP contribution is -2.04. The molecule has 3 heteroatoms. The third kappa shape index (κ3) is 2.28. The molecule has 94 valence electrons. The van der Waals surface area contributed by atoms with Crippen molar-refractivity contribution >= 4 is 0 Å². The summed E-state index contributed by atoms with van der Waals surface area (Å²) < 4.78 is 1.88. The Morgan fingerprint density at radius 3 is 2.42 bits per heavy atom. The average molecular weight is 249 g/mol. The van der Waals surface area contributed by atoms with Gasteiger partial charge in [-0.2, -0.15) is 5.10 Å². The van der Waals surface area contributed by atoms with Gasteiger partial charge in [-0.1, -0.05) is 48.5 Å². The van der Waals surface area contributed by atoms with Gasteiger partial charge in [0, 0.05) is 18.3 Å². The molecule has 3 rings (SSSR count). The Kier molecular flexibility index (Phi) is 3.12. The monoisotopic (exact) mass is 249 g/mol. The zero-order valence-electron chi connectivity index (χ0n) is 10.5. The van der Waals surface area contributed by atoms with Crippen LogP contribution in [0.5, 0.6) is 0 Å². The molecule has 0 saturated heterocycles. The van der Waals surface area contributed by atoms with Crippen LogP contribution in [-0.4, -0.2) is 9.78 Å². The second-order valence-corrected chi connectivity index (χ2v) is 4.37. The highest BCUT2D eigenvalue weighted by molar-refractivity contribution is 5.62. The first-order valence-electron chi connectivity index (χ1n) is 6.27. The molecule has 0 aliphatic carbocycles. The molecule has 2 aromatic carbocycles.